The molecule has 0 aliphatic heterocycles. The lowest BCUT2D eigenvalue weighted by molar-refractivity contribution is -0.115. The summed E-state index contributed by atoms with van der Waals surface area (Å²) in [6.45, 7) is 1.77. The highest BCUT2D eigenvalue weighted by molar-refractivity contribution is 7.08. The Kier molecular flexibility index (Phi) is 3.54. The molecule has 1 N–H and O–H groups in total. The number of hydrogen-bond donors (Lipinski definition) is 1. The van der Waals surface area contributed by atoms with Crippen LogP contribution in [0.15, 0.2) is 35.0 Å². The molecule has 2 nitrogen and oxygen atoms in total. The Hall–Kier alpha value is -1.68. The molecule has 4 heteroatoms. The van der Waals surface area contributed by atoms with Crippen LogP contribution in [0.25, 0.3) is 0 Å². The molecule has 1 aromatic carbocycles. The first-order chi connectivity index (χ1) is 8.15. The smallest absolute Gasteiger partial charge is 0.228 e. The average Bonchev–Trinajstić information content (AvgIpc) is 2.75. The van der Waals surface area contributed by atoms with E-state index in [1.54, 1.807) is 24.3 Å². The first-order valence-corrected chi connectivity index (χ1v) is 6.16. The summed E-state index contributed by atoms with van der Waals surface area (Å²) in [5.74, 6) is -0.378. The Bertz CT molecular complexity index is 522. The second kappa shape index (κ2) is 5.10. The molecule has 1 aromatic heterocycles. The van der Waals surface area contributed by atoms with Crippen LogP contribution in [-0.4, -0.2) is 5.91 Å². The molecule has 0 saturated heterocycles. The summed E-state index contributed by atoms with van der Waals surface area (Å²) in [4.78, 5) is 11.7. The van der Waals surface area contributed by atoms with E-state index in [1.165, 1.54) is 12.1 Å². The van der Waals surface area contributed by atoms with Gasteiger partial charge in [-0.2, -0.15) is 11.3 Å². The van der Waals surface area contributed by atoms with E-state index < -0.39 is 0 Å². The van der Waals surface area contributed by atoms with Crippen molar-refractivity contribution in [3.63, 3.8) is 0 Å². The van der Waals surface area contributed by atoms with Gasteiger partial charge in [0.1, 0.15) is 5.82 Å². The van der Waals surface area contributed by atoms with Crippen LogP contribution in [0.3, 0.4) is 0 Å². The zero-order chi connectivity index (χ0) is 12.3. The van der Waals surface area contributed by atoms with E-state index in [1.807, 2.05) is 16.8 Å². The zero-order valence-corrected chi connectivity index (χ0v) is 10.2. The van der Waals surface area contributed by atoms with Gasteiger partial charge in [-0.15, -0.1) is 0 Å². The predicted molar refractivity (Wildman–Crippen MR) is 67.8 cm³/mol. The van der Waals surface area contributed by atoms with E-state index in [0.29, 0.717) is 12.1 Å². The van der Waals surface area contributed by atoms with Gasteiger partial charge < -0.3 is 5.32 Å². The van der Waals surface area contributed by atoms with E-state index >= 15 is 0 Å². The maximum Gasteiger partial charge on any atom is 0.228 e. The maximum atomic E-state index is 12.9. The van der Waals surface area contributed by atoms with Gasteiger partial charge in [0.05, 0.1) is 6.42 Å². The highest BCUT2D eigenvalue weighted by Crippen LogP contribution is 2.16. The van der Waals surface area contributed by atoms with Gasteiger partial charge in [-0.3, -0.25) is 4.79 Å². The van der Waals surface area contributed by atoms with Gasteiger partial charge in [0, 0.05) is 5.69 Å². The van der Waals surface area contributed by atoms with Crippen molar-refractivity contribution >= 4 is 22.9 Å². The van der Waals surface area contributed by atoms with Crippen molar-refractivity contribution in [2.24, 2.45) is 0 Å². The largest absolute Gasteiger partial charge is 0.326 e. The van der Waals surface area contributed by atoms with Crippen LogP contribution in [0.5, 0.6) is 0 Å². The highest BCUT2D eigenvalue weighted by Gasteiger charge is 2.06. The second-order valence-electron chi connectivity index (χ2n) is 3.82. The number of aryl methyl sites for hydroxylation is 1. The van der Waals surface area contributed by atoms with Crippen LogP contribution < -0.4 is 5.32 Å². The van der Waals surface area contributed by atoms with E-state index in [9.17, 15) is 9.18 Å². The third kappa shape index (κ3) is 3.14. The summed E-state index contributed by atoms with van der Waals surface area (Å²) >= 11 is 1.56. The first-order valence-electron chi connectivity index (χ1n) is 5.22. The molecule has 1 heterocycles. The van der Waals surface area contributed by atoms with Crippen molar-refractivity contribution in [2.75, 3.05) is 5.32 Å². The zero-order valence-electron chi connectivity index (χ0n) is 9.37. The molecule has 2 rings (SSSR count). The summed E-state index contributed by atoms with van der Waals surface area (Å²) in [6.07, 6.45) is 0.348. The van der Waals surface area contributed by atoms with Gasteiger partial charge in [-0.1, -0.05) is 0 Å². The molecule has 0 spiro atoms. The predicted octanol–water partition coefficient (Wildman–Crippen LogP) is 3.38. The van der Waals surface area contributed by atoms with Crippen molar-refractivity contribution in [1.29, 1.82) is 0 Å². The average molecular weight is 249 g/mol. The monoisotopic (exact) mass is 249 g/mol. The van der Waals surface area contributed by atoms with Crippen LogP contribution in [0, 0.1) is 12.7 Å². The van der Waals surface area contributed by atoms with Gasteiger partial charge in [0.25, 0.3) is 0 Å². The SMILES string of the molecule is Cc1cc(F)ccc1NC(=O)Cc1ccsc1. The van der Waals surface area contributed by atoms with Gasteiger partial charge in [-0.25, -0.2) is 4.39 Å². The molecule has 0 bridgehead atoms. The molecule has 0 atom stereocenters. The summed E-state index contributed by atoms with van der Waals surface area (Å²) in [7, 11) is 0. The van der Waals surface area contributed by atoms with Crippen LogP contribution in [0.2, 0.25) is 0 Å². The number of carbonyl (C=O) groups excluding carboxylic acids is 1. The number of halogens is 1. The molecule has 2 aromatic rings. The molecule has 0 saturated carbocycles. The van der Waals surface area contributed by atoms with Crippen molar-refractivity contribution < 1.29 is 9.18 Å². The number of carbonyl (C=O) groups is 1. The van der Waals surface area contributed by atoms with Gasteiger partial charge in [-0.05, 0) is 53.1 Å². The molecule has 0 fully saturated rings. The lowest BCUT2D eigenvalue weighted by Gasteiger charge is -2.07. The van der Waals surface area contributed by atoms with Crippen LogP contribution in [-0.2, 0) is 11.2 Å². The standard InChI is InChI=1S/C13H12FNOS/c1-9-6-11(14)2-3-12(9)15-13(16)7-10-4-5-17-8-10/h2-6,8H,7H2,1H3,(H,15,16). The fraction of sp³-hybridized carbons (Fsp3) is 0.154. The Balaban J connectivity index is 2.03. The maximum absolute atomic E-state index is 12.9. The van der Waals surface area contributed by atoms with Crippen molar-refractivity contribution in [3.05, 3.63) is 52.0 Å². The van der Waals surface area contributed by atoms with Gasteiger partial charge in [0.15, 0.2) is 0 Å². The minimum atomic E-state index is -0.293. The quantitative estimate of drug-likeness (QED) is 0.887. The molecular formula is C13H12FNOS. The topological polar surface area (TPSA) is 29.1 Å². The Labute approximate surface area is 103 Å². The minimum absolute atomic E-state index is 0.0851. The highest BCUT2D eigenvalue weighted by atomic mass is 32.1. The van der Waals surface area contributed by atoms with E-state index in [4.69, 9.17) is 0 Å². The number of hydrogen-bond acceptors (Lipinski definition) is 2. The van der Waals surface area contributed by atoms with Crippen molar-refractivity contribution in [3.8, 4) is 0 Å². The number of anilines is 1. The molecule has 1 amide bonds. The Morgan fingerprint density at radius 2 is 2.24 bits per heavy atom. The molecule has 88 valence electrons. The summed E-state index contributed by atoms with van der Waals surface area (Å²) < 4.78 is 12.9. The summed E-state index contributed by atoms with van der Waals surface area (Å²) in [6, 6.07) is 6.24. The molecule has 0 aliphatic carbocycles. The van der Waals surface area contributed by atoms with Gasteiger partial charge >= 0.3 is 0 Å². The minimum Gasteiger partial charge on any atom is -0.326 e. The number of nitrogens with one attached hydrogen (secondary N) is 1. The fourth-order valence-corrected chi connectivity index (χ4v) is 2.21. The Morgan fingerprint density at radius 3 is 2.88 bits per heavy atom. The van der Waals surface area contributed by atoms with Crippen LogP contribution >= 0.6 is 11.3 Å². The first kappa shape index (κ1) is 11.8. The number of amides is 1. The van der Waals surface area contributed by atoms with Crippen LogP contribution in [0.4, 0.5) is 10.1 Å². The van der Waals surface area contributed by atoms with E-state index in [-0.39, 0.29) is 11.7 Å². The molecule has 17 heavy (non-hydrogen) atoms. The molecule has 0 unspecified atom stereocenters. The summed E-state index contributed by atoms with van der Waals surface area (Å²) in [5, 5.41) is 6.65. The normalized spacial score (nSPS) is 10.2. The van der Waals surface area contributed by atoms with Gasteiger partial charge in [0.2, 0.25) is 5.91 Å². The summed E-state index contributed by atoms with van der Waals surface area (Å²) in [5.41, 5.74) is 2.38. The second-order valence-corrected chi connectivity index (χ2v) is 4.60. The van der Waals surface area contributed by atoms with E-state index in [2.05, 4.69) is 5.32 Å². The third-order valence-corrected chi connectivity index (χ3v) is 3.14. The third-order valence-electron chi connectivity index (χ3n) is 2.41. The van der Waals surface area contributed by atoms with Crippen molar-refractivity contribution in [1.82, 2.24) is 0 Å². The van der Waals surface area contributed by atoms with Crippen LogP contribution in [0.1, 0.15) is 11.1 Å². The fourth-order valence-electron chi connectivity index (χ4n) is 1.54. The number of rotatable bonds is 3. The van der Waals surface area contributed by atoms with E-state index in [0.717, 1.165) is 11.1 Å². The van der Waals surface area contributed by atoms with Crippen molar-refractivity contribution in [2.45, 2.75) is 13.3 Å². The molecular weight excluding hydrogens is 237 g/mol. The number of thiophene rings is 1. The number of benzene rings is 1. The Morgan fingerprint density at radius 1 is 1.41 bits per heavy atom. The lowest BCUT2D eigenvalue weighted by atomic mass is 10.2. The molecule has 0 aliphatic rings. The molecule has 0 radical (unpaired) electrons. The lowest BCUT2D eigenvalue weighted by Crippen LogP contribution is -2.14.